The Labute approximate surface area is 127 Å². The second kappa shape index (κ2) is 5.66. The van der Waals surface area contributed by atoms with Gasteiger partial charge in [-0.2, -0.15) is 0 Å². The molecule has 0 aliphatic carbocycles. The summed E-state index contributed by atoms with van der Waals surface area (Å²) in [6, 6.07) is 9.90. The van der Waals surface area contributed by atoms with Crippen LogP contribution in [0.2, 0.25) is 5.02 Å². The van der Waals surface area contributed by atoms with Crippen molar-refractivity contribution in [2.75, 3.05) is 0 Å². The van der Waals surface area contributed by atoms with Crippen LogP contribution in [-0.2, 0) is 0 Å². The molecule has 2 N–H and O–H groups in total. The van der Waals surface area contributed by atoms with Crippen LogP contribution in [0.4, 0.5) is 0 Å². The van der Waals surface area contributed by atoms with Crippen molar-refractivity contribution in [2.24, 2.45) is 5.73 Å². The van der Waals surface area contributed by atoms with E-state index in [9.17, 15) is 0 Å². The lowest BCUT2D eigenvalue weighted by atomic mass is 9.92. The van der Waals surface area contributed by atoms with Crippen LogP contribution in [0.15, 0.2) is 34.8 Å². The summed E-state index contributed by atoms with van der Waals surface area (Å²) in [5.41, 5.74) is 12.3. The Morgan fingerprint density at radius 1 is 0.947 bits per heavy atom. The summed E-state index contributed by atoms with van der Waals surface area (Å²) in [4.78, 5) is 0. The van der Waals surface area contributed by atoms with Gasteiger partial charge in [0, 0.05) is 9.50 Å². The Hall–Kier alpha value is -0.830. The molecule has 19 heavy (non-hydrogen) atoms. The fraction of sp³-hybridized carbons (Fsp3) is 0.250. The molecule has 0 spiro atoms. The van der Waals surface area contributed by atoms with Crippen molar-refractivity contribution in [1.82, 2.24) is 0 Å². The van der Waals surface area contributed by atoms with Crippen molar-refractivity contribution in [3.63, 3.8) is 0 Å². The molecule has 0 saturated heterocycles. The minimum atomic E-state index is -0.174. The highest BCUT2D eigenvalue weighted by molar-refractivity contribution is 9.10. The highest BCUT2D eigenvalue weighted by Gasteiger charge is 2.15. The number of hydrogen-bond donors (Lipinski definition) is 1. The summed E-state index contributed by atoms with van der Waals surface area (Å²) in [5, 5.41) is 0.704. The molecule has 2 rings (SSSR count). The molecule has 0 amide bonds. The van der Waals surface area contributed by atoms with E-state index in [-0.39, 0.29) is 6.04 Å². The summed E-state index contributed by atoms with van der Waals surface area (Å²) in [5.74, 6) is 0. The molecule has 2 aromatic carbocycles. The van der Waals surface area contributed by atoms with Crippen molar-refractivity contribution in [3.05, 3.63) is 67.6 Å². The number of hydrogen-bond acceptors (Lipinski definition) is 1. The average Bonchev–Trinajstić information content (AvgIpc) is 2.36. The van der Waals surface area contributed by atoms with Crippen molar-refractivity contribution < 1.29 is 0 Å². The van der Waals surface area contributed by atoms with Crippen LogP contribution >= 0.6 is 27.5 Å². The first-order valence-electron chi connectivity index (χ1n) is 6.18. The van der Waals surface area contributed by atoms with Gasteiger partial charge in [-0.3, -0.25) is 0 Å². The number of benzene rings is 2. The third-order valence-corrected chi connectivity index (χ3v) is 4.47. The number of aryl methyl sites for hydroxylation is 3. The van der Waals surface area contributed by atoms with Crippen LogP contribution in [0.25, 0.3) is 0 Å². The van der Waals surface area contributed by atoms with E-state index in [2.05, 4.69) is 48.8 Å². The molecule has 0 fully saturated rings. The summed E-state index contributed by atoms with van der Waals surface area (Å²) >= 11 is 9.62. The quantitative estimate of drug-likeness (QED) is 0.812. The van der Waals surface area contributed by atoms with E-state index in [4.69, 9.17) is 17.3 Å². The lowest BCUT2D eigenvalue weighted by molar-refractivity contribution is 0.853. The van der Waals surface area contributed by atoms with Crippen LogP contribution < -0.4 is 5.73 Å². The molecule has 0 radical (unpaired) electrons. The molecule has 1 unspecified atom stereocenters. The Kier molecular flexibility index (Phi) is 4.34. The standard InChI is InChI=1S/C16H17BrClN/c1-9-6-11(3)13(7-10(9)2)16(19)14-8-12(18)4-5-15(14)17/h4-8,16H,19H2,1-3H3. The zero-order valence-corrected chi connectivity index (χ0v) is 13.6. The van der Waals surface area contributed by atoms with E-state index in [1.54, 1.807) is 0 Å². The molecule has 0 aliphatic heterocycles. The minimum absolute atomic E-state index is 0.174. The maximum atomic E-state index is 6.42. The molecule has 0 aromatic heterocycles. The van der Waals surface area contributed by atoms with E-state index < -0.39 is 0 Å². The second-order valence-electron chi connectivity index (χ2n) is 4.94. The smallest absolute Gasteiger partial charge is 0.0566 e. The summed E-state index contributed by atoms with van der Waals surface area (Å²) in [7, 11) is 0. The largest absolute Gasteiger partial charge is 0.320 e. The maximum absolute atomic E-state index is 6.42. The zero-order valence-electron chi connectivity index (χ0n) is 11.3. The summed E-state index contributed by atoms with van der Waals surface area (Å²) < 4.78 is 0.988. The molecule has 1 nitrogen and oxygen atoms in total. The van der Waals surface area contributed by atoms with Crippen LogP contribution in [0, 0.1) is 20.8 Å². The van der Waals surface area contributed by atoms with E-state index in [0.717, 1.165) is 15.6 Å². The molecule has 2 aromatic rings. The monoisotopic (exact) mass is 337 g/mol. The minimum Gasteiger partial charge on any atom is -0.320 e. The van der Waals surface area contributed by atoms with Gasteiger partial charge in [-0.1, -0.05) is 39.7 Å². The first-order chi connectivity index (χ1) is 8.90. The lowest BCUT2D eigenvalue weighted by Crippen LogP contribution is -2.14. The first-order valence-corrected chi connectivity index (χ1v) is 7.35. The topological polar surface area (TPSA) is 26.0 Å². The van der Waals surface area contributed by atoms with Crippen LogP contribution in [0.1, 0.15) is 33.9 Å². The SMILES string of the molecule is Cc1cc(C)c(C(N)c2cc(Cl)ccc2Br)cc1C. The Bertz CT molecular complexity index is 622. The zero-order chi connectivity index (χ0) is 14.2. The molecule has 0 saturated carbocycles. The van der Waals surface area contributed by atoms with Gasteiger partial charge in [-0.25, -0.2) is 0 Å². The molecule has 0 bridgehead atoms. The molecule has 0 heterocycles. The van der Waals surface area contributed by atoms with Gasteiger partial charge in [0.2, 0.25) is 0 Å². The van der Waals surface area contributed by atoms with Crippen molar-refractivity contribution in [2.45, 2.75) is 26.8 Å². The second-order valence-corrected chi connectivity index (χ2v) is 6.23. The van der Waals surface area contributed by atoms with E-state index in [0.29, 0.717) is 5.02 Å². The van der Waals surface area contributed by atoms with Crippen molar-refractivity contribution in [1.29, 1.82) is 0 Å². The highest BCUT2D eigenvalue weighted by Crippen LogP contribution is 2.31. The van der Waals surface area contributed by atoms with Crippen molar-refractivity contribution >= 4 is 27.5 Å². The van der Waals surface area contributed by atoms with E-state index >= 15 is 0 Å². The lowest BCUT2D eigenvalue weighted by Gasteiger charge is -2.19. The summed E-state index contributed by atoms with van der Waals surface area (Å²) in [6.07, 6.45) is 0. The normalized spacial score (nSPS) is 12.5. The first kappa shape index (κ1) is 14.6. The van der Waals surface area contributed by atoms with Gasteiger partial charge in [0.15, 0.2) is 0 Å². The molecule has 100 valence electrons. The number of rotatable bonds is 2. The predicted molar refractivity (Wildman–Crippen MR) is 85.8 cm³/mol. The Morgan fingerprint density at radius 2 is 1.58 bits per heavy atom. The van der Waals surface area contributed by atoms with Gasteiger partial charge in [0.1, 0.15) is 0 Å². The number of halogens is 2. The van der Waals surface area contributed by atoms with Gasteiger partial charge >= 0.3 is 0 Å². The Balaban J connectivity index is 2.52. The van der Waals surface area contributed by atoms with E-state index in [1.807, 2.05) is 18.2 Å². The van der Waals surface area contributed by atoms with Gasteiger partial charge in [0.05, 0.1) is 6.04 Å². The molecule has 3 heteroatoms. The van der Waals surface area contributed by atoms with Crippen LogP contribution in [0.3, 0.4) is 0 Å². The highest BCUT2D eigenvalue weighted by atomic mass is 79.9. The fourth-order valence-corrected chi connectivity index (χ4v) is 2.91. The molecule has 1 atom stereocenters. The number of nitrogens with two attached hydrogens (primary N) is 1. The van der Waals surface area contributed by atoms with Gasteiger partial charge in [-0.15, -0.1) is 0 Å². The molecule has 0 aliphatic rings. The van der Waals surface area contributed by atoms with Gasteiger partial charge < -0.3 is 5.73 Å². The average molecular weight is 339 g/mol. The van der Waals surface area contributed by atoms with Gasteiger partial charge in [-0.05, 0) is 66.8 Å². The predicted octanol–water partition coefficient (Wildman–Crippen LogP) is 5.08. The van der Waals surface area contributed by atoms with Crippen LogP contribution in [0.5, 0.6) is 0 Å². The molecular formula is C16H17BrClN. The van der Waals surface area contributed by atoms with Crippen molar-refractivity contribution in [3.8, 4) is 0 Å². The summed E-state index contributed by atoms with van der Waals surface area (Å²) in [6.45, 7) is 6.32. The fourth-order valence-electron chi connectivity index (χ4n) is 2.24. The van der Waals surface area contributed by atoms with Gasteiger partial charge in [0.25, 0.3) is 0 Å². The van der Waals surface area contributed by atoms with Crippen LogP contribution in [-0.4, -0.2) is 0 Å². The third kappa shape index (κ3) is 3.02. The van der Waals surface area contributed by atoms with E-state index in [1.165, 1.54) is 16.7 Å². The third-order valence-electron chi connectivity index (χ3n) is 3.51. The molecular weight excluding hydrogens is 322 g/mol. The maximum Gasteiger partial charge on any atom is 0.0566 e. The Morgan fingerprint density at radius 3 is 2.26 bits per heavy atom.